The summed E-state index contributed by atoms with van der Waals surface area (Å²) in [5, 5.41) is 3.30. The van der Waals surface area contributed by atoms with Gasteiger partial charge in [0.2, 0.25) is 0 Å². The fourth-order valence-electron chi connectivity index (χ4n) is 1.49. The van der Waals surface area contributed by atoms with Gasteiger partial charge in [0.15, 0.2) is 0 Å². The van der Waals surface area contributed by atoms with Crippen LogP contribution in [0, 0.1) is 11.8 Å². The van der Waals surface area contributed by atoms with Crippen molar-refractivity contribution in [3.05, 3.63) is 0 Å². The number of nitrogens with one attached hydrogen (secondary N) is 1. The molecule has 3 nitrogen and oxygen atoms in total. The summed E-state index contributed by atoms with van der Waals surface area (Å²) in [6.07, 6.45) is 3.74. The first kappa shape index (κ1) is 15.4. The van der Waals surface area contributed by atoms with Gasteiger partial charge in [-0.1, -0.05) is 33.6 Å². The summed E-state index contributed by atoms with van der Waals surface area (Å²) in [7, 11) is 0. The molecule has 96 valence electrons. The van der Waals surface area contributed by atoms with Crippen LogP contribution in [0.25, 0.3) is 0 Å². The second-order valence-electron chi connectivity index (χ2n) is 4.75. The highest BCUT2D eigenvalue weighted by Crippen LogP contribution is 2.05. The number of esters is 1. The highest BCUT2D eigenvalue weighted by molar-refractivity contribution is 5.72. The minimum absolute atomic E-state index is 0.0370. The third-order valence-electron chi connectivity index (χ3n) is 2.52. The van der Waals surface area contributed by atoms with Crippen molar-refractivity contribution in [3.8, 4) is 0 Å². The summed E-state index contributed by atoms with van der Waals surface area (Å²) in [6.45, 7) is 10.4. The summed E-state index contributed by atoms with van der Waals surface area (Å²) in [5.41, 5.74) is 0. The van der Waals surface area contributed by atoms with Crippen LogP contribution in [0.2, 0.25) is 0 Å². The predicted octanol–water partition coefficient (Wildman–Crippen LogP) is 2.60. The Kier molecular flexibility index (Phi) is 9.30. The van der Waals surface area contributed by atoms with Crippen molar-refractivity contribution < 1.29 is 9.53 Å². The summed E-state index contributed by atoms with van der Waals surface area (Å²) < 4.78 is 4.93. The van der Waals surface area contributed by atoms with Crippen LogP contribution < -0.4 is 5.32 Å². The number of hydrogen-bond donors (Lipinski definition) is 1. The molecular formula is C13H27NO2. The van der Waals surface area contributed by atoms with Gasteiger partial charge in [0, 0.05) is 6.54 Å². The Labute approximate surface area is 99.9 Å². The summed E-state index contributed by atoms with van der Waals surface area (Å²) in [4.78, 5) is 11.3. The van der Waals surface area contributed by atoms with Gasteiger partial charge in [-0.05, 0) is 25.8 Å². The predicted molar refractivity (Wildman–Crippen MR) is 67.4 cm³/mol. The first-order valence-corrected chi connectivity index (χ1v) is 6.45. The molecule has 0 radical (unpaired) electrons. The van der Waals surface area contributed by atoms with Gasteiger partial charge in [0.1, 0.15) is 0 Å². The van der Waals surface area contributed by atoms with Crippen molar-refractivity contribution in [2.45, 2.75) is 47.0 Å². The fourth-order valence-corrected chi connectivity index (χ4v) is 1.49. The molecule has 1 N–H and O–H groups in total. The van der Waals surface area contributed by atoms with Crippen molar-refractivity contribution in [2.24, 2.45) is 11.8 Å². The third kappa shape index (κ3) is 8.72. The lowest BCUT2D eigenvalue weighted by Gasteiger charge is -2.11. The number of ether oxygens (including phenoxy) is 1. The first-order valence-electron chi connectivity index (χ1n) is 6.45. The van der Waals surface area contributed by atoms with E-state index in [0.29, 0.717) is 6.61 Å². The van der Waals surface area contributed by atoms with E-state index in [1.807, 2.05) is 13.8 Å². The molecule has 1 atom stereocenters. The van der Waals surface area contributed by atoms with E-state index in [1.165, 1.54) is 19.3 Å². The summed E-state index contributed by atoms with van der Waals surface area (Å²) >= 11 is 0. The maximum atomic E-state index is 11.3. The fraction of sp³-hybridized carbons (Fsp3) is 0.923. The minimum atomic E-state index is -0.0998. The molecule has 0 bridgehead atoms. The Hall–Kier alpha value is -0.570. The van der Waals surface area contributed by atoms with Crippen LogP contribution in [0.1, 0.15) is 47.0 Å². The lowest BCUT2D eigenvalue weighted by molar-refractivity contribution is -0.147. The van der Waals surface area contributed by atoms with Gasteiger partial charge in [-0.2, -0.15) is 0 Å². The van der Waals surface area contributed by atoms with Gasteiger partial charge in [-0.15, -0.1) is 0 Å². The molecule has 0 aromatic carbocycles. The molecule has 0 rings (SSSR count). The molecule has 16 heavy (non-hydrogen) atoms. The van der Waals surface area contributed by atoms with Crippen LogP contribution in [-0.4, -0.2) is 25.7 Å². The number of carbonyl (C=O) groups is 1. The Bertz CT molecular complexity index is 181. The molecule has 0 saturated carbocycles. The molecule has 0 aromatic heterocycles. The monoisotopic (exact) mass is 229 g/mol. The van der Waals surface area contributed by atoms with Crippen molar-refractivity contribution in [3.63, 3.8) is 0 Å². The van der Waals surface area contributed by atoms with Crippen LogP contribution in [0.5, 0.6) is 0 Å². The molecule has 0 heterocycles. The van der Waals surface area contributed by atoms with E-state index in [2.05, 4.69) is 19.2 Å². The number of unbranched alkanes of at least 4 members (excludes halogenated alkanes) is 1. The van der Waals surface area contributed by atoms with Crippen LogP contribution in [0.3, 0.4) is 0 Å². The van der Waals surface area contributed by atoms with Gasteiger partial charge >= 0.3 is 5.97 Å². The smallest absolute Gasteiger partial charge is 0.309 e. The maximum Gasteiger partial charge on any atom is 0.309 e. The number of hydrogen-bond acceptors (Lipinski definition) is 3. The minimum Gasteiger partial charge on any atom is -0.466 e. The normalized spacial score (nSPS) is 12.8. The van der Waals surface area contributed by atoms with Gasteiger partial charge < -0.3 is 10.1 Å². The van der Waals surface area contributed by atoms with Crippen molar-refractivity contribution in [1.82, 2.24) is 5.32 Å². The zero-order chi connectivity index (χ0) is 12.4. The average Bonchev–Trinajstić information content (AvgIpc) is 2.22. The molecule has 3 heteroatoms. The van der Waals surface area contributed by atoms with Gasteiger partial charge in [0.05, 0.1) is 12.5 Å². The van der Waals surface area contributed by atoms with Crippen molar-refractivity contribution in [1.29, 1.82) is 0 Å². The summed E-state index contributed by atoms with van der Waals surface area (Å²) in [5.74, 6) is 0.653. The molecule has 0 aromatic rings. The topological polar surface area (TPSA) is 38.3 Å². The van der Waals surface area contributed by atoms with Gasteiger partial charge in [-0.25, -0.2) is 0 Å². The Morgan fingerprint density at radius 2 is 1.94 bits per heavy atom. The molecule has 0 aliphatic carbocycles. The standard InChI is InChI=1S/C13H27NO2/c1-5-16-13(15)12(4)10-14-9-7-6-8-11(2)3/h11-12,14H,5-10H2,1-4H3. The molecule has 0 aliphatic heterocycles. The van der Waals surface area contributed by atoms with E-state index in [-0.39, 0.29) is 11.9 Å². The van der Waals surface area contributed by atoms with E-state index in [9.17, 15) is 4.79 Å². The number of carbonyl (C=O) groups excluding carboxylic acids is 1. The van der Waals surface area contributed by atoms with Crippen LogP contribution in [-0.2, 0) is 9.53 Å². The third-order valence-corrected chi connectivity index (χ3v) is 2.52. The van der Waals surface area contributed by atoms with Crippen molar-refractivity contribution >= 4 is 5.97 Å². The Morgan fingerprint density at radius 3 is 2.50 bits per heavy atom. The second kappa shape index (κ2) is 9.64. The van der Waals surface area contributed by atoms with Crippen LogP contribution in [0.15, 0.2) is 0 Å². The highest BCUT2D eigenvalue weighted by atomic mass is 16.5. The summed E-state index contributed by atoms with van der Waals surface area (Å²) in [6, 6.07) is 0. The lowest BCUT2D eigenvalue weighted by atomic mass is 10.1. The van der Waals surface area contributed by atoms with E-state index in [4.69, 9.17) is 4.74 Å². The zero-order valence-corrected chi connectivity index (χ0v) is 11.2. The average molecular weight is 229 g/mol. The largest absolute Gasteiger partial charge is 0.466 e. The number of rotatable bonds is 9. The van der Waals surface area contributed by atoms with Crippen LogP contribution >= 0.6 is 0 Å². The van der Waals surface area contributed by atoms with Crippen LogP contribution in [0.4, 0.5) is 0 Å². The molecule has 1 unspecified atom stereocenters. The quantitative estimate of drug-likeness (QED) is 0.488. The molecule has 0 aliphatic rings. The first-order chi connectivity index (χ1) is 7.57. The molecule has 0 spiro atoms. The van der Waals surface area contributed by atoms with E-state index in [0.717, 1.165) is 19.0 Å². The lowest BCUT2D eigenvalue weighted by Crippen LogP contribution is -2.28. The maximum absolute atomic E-state index is 11.3. The van der Waals surface area contributed by atoms with E-state index >= 15 is 0 Å². The van der Waals surface area contributed by atoms with Gasteiger partial charge in [0.25, 0.3) is 0 Å². The zero-order valence-electron chi connectivity index (χ0n) is 11.2. The molecule has 0 amide bonds. The Balaban J connectivity index is 3.34. The highest BCUT2D eigenvalue weighted by Gasteiger charge is 2.12. The van der Waals surface area contributed by atoms with E-state index in [1.54, 1.807) is 0 Å². The molecule has 0 saturated heterocycles. The Morgan fingerprint density at radius 1 is 1.25 bits per heavy atom. The van der Waals surface area contributed by atoms with E-state index < -0.39 is 0 Å². The SMILES string of the molecule is CCOC(=O)C(C)CNCCCCC(C)C. The molecular weight excluding hydrogens is 202 g/mol. The molecule has 0 fully saturated rings. The second-order valence-corrected chi connectivity index (χ2v) is 4.75. The van der Waals surface area contributed by atoms with Crippen molar-refractivity contribution in [2.75, 3.05) is 19.7 Å². The van der Waals surface area contributed by atoms with Gasteiger partial charge in [-0.3, -0.25) is 4.79 Å².